The summed E-state index contributed by atoms with van der Waals surface area (Å²) in [6.07, 6.45) is 2.23. The fourth-order valence-corrected chi connectivity index (χ4v) is 3.25. The molecule has 102 valence electrons. The largest absolute Gasteiger partial charge is 0.314 e. The summed E-state index contributed by atoms with van der Waals surface area (Å²) in [6.45, 7) is 7.60. The Hall–Kier alpha value is -1.12. The Labute approximate surface area is 120 Å². The van der Waals surface area contributed by atoms with Crippen molar-refractivity contribution in [3.8, 4) is 0 Å². The third-order valence-corrected chi connectivity index (χ3v) is 4.39. The van der Waals surface area contributed by atoms with E-state index < -0.39 is 0 Å². The highest BCUT2D eigenvalue weighted by atomic mass is 32.1. The zero-order chi connectivity index (χ0) is 13.7. The van der Waals surface area contributed by atoms with Crippen molar-refractivity contribution in [2.75, 3.05) is 6.54 Å². The number of benzene rings is 1. The Morgan fingerprint density at radius 3 is 2.68 bits per heavy atom. The summed E-state index contributed by atoms with van der Waals surface area (Å²) in [6, 6.07) is 11.7. The second kappa shape index (κ2) is 6.88. The summed E-state index contributed by atoms with van der Waals surface area (Å²) in [7, 11) is 0. The van der Waals surface area contributed by atoms with E-state index in [9.17, 15) is 0 Å². The number of thiophene rings is 1. The molecule has 1 N–H and O–H groups in total. The fraction of sp³-hybridized carbons (Fsp3) is 0.412. The molecule has 1 unspecified atom stereocenters. The normalized spacial score (nSPS) is 12.6. The van der Waals surface area contributed by atoms with Gasteiger partial charge in [-0.05, 0) is 55.8 Å². The highest BCUT2D eigenvalue weighted by Crippen LogP contribution is 2.17. The summed E-state index contributed by atoms with van der Waals surface area (Å²) >= 11 is 1.86. The predicted octanol–water partition coefficient (Wildman–Crippen LogP) is 4.13. The second-order valence-electron chi connectivity index (χ2n) is 5.17. The quantitative estimate of drug-likeness (QED) is 0.834. The number of nitrogens with one attached hydrogen (secondary N) is 1. The van der Waals surface area contributed by atoms with E-state index in [1.807, 2.05) is 11.3 Å². The van der Waals surface area contributed by atoms with E-state index in [0.717, 1.165) is 19.4 Å². The van der Waals surface area contributed by atoms with Crippen molar-refractivity contribution < 1.29 is 0 Å². The molecule has 0 spiro atoms. The van der Waals surface area contributed by atoms with E-state index in [0.29, 0.717) is 6.04 Å². The van der Waals surface area contributed by atoms with E-state index >= 15 is 0 Å². The van der Waals surface area contributed by atoms with Gasteiger partial charge < -0.3 is 5.32 Å². The van der Waals surface area contributed by atoms with Crippen LogP contribution in [0.25, 0.3) is 0 Å². The van der Waals surface area contributed by atoms with Gasteiger partial charge in [0.05, 0.1) is 0 Å². The Balaban J connectivity index is 2.09. The van der Waals surface area contributed by atoms with Gasteiger partial charge in [0, 0.05) is 10.9 Å². The molecule has 1 atom stereocenters. The fourth-order valence-electron chi connectivity index (χ4n) is 2.46. The van der Waals surface area contributed by atoms with E-state index in [1.54, 1.807) is 0 Å². The van der Waals surface area contributed by atoms with Crippen molar-refractivity contribution in [2.45, 2.75) is 39.7 Å². The molecule has 1 heterocycles. The Morgan fingerprint density at radius 2 is 2.00 bits per heavy atom. The van der Waals surface area contributed by atoms with E-state index in [1.165, 1.54) is 21.6 Å². The molecule has 0 saturated carbocycles. The third-order valence-electron chi connectivity index (χ3n) is 3.49. The van der Waals surface area contributed by atoms with E-state index in [-0.39, 0.29) is 0 Å². The van der Waals surface area contributed by atoms with Crippen LogP contribution in [-0.2, 0) is 12.8 Å². The van der Waals surface area contributed by atoms with E-state index in [2.05, 4.69) is 61.8 Å². The molecule has 1 nitrogen and oxygen atoms in total. The van der Waals surface area contributed by atoms with Gasteiger partial charge in [-0.15, -0.1) is 11.3 Å². The third kappa shape index (κ3) is 4.19. The average Bonchev–Trinajstić information content (AvgIpc) is 2.87. The van der Waals surface area contributed by atoms with Gasteiger partial charge in [0.2, 0.25) is 0 Å². The first kappa shape index (κ1) is 14.3. The number of hydrogen-bond acceptors (Lipinski definition) is 2. The Bertz CT molecular complexity index is 502. The minimum absolute atomic E-state index is 0.532. The highest BCUT2D eigenvalue weighted by Gasteiger charge is 2.11. The maximum absolute atomic E-state index is 3.62. The van der Waals surface area contributed by atoms with Crippen LogP contribution in [0.3, 0.4) is 0 Å². The van der Waals surface area contributed by atoms with Gasteiger partial charge in [-0.25, -0.2) is 0 Å². The summed E-state index contributed by atoms with van der Waals surface area (Å²) in [5, 5.41) is 5.79. The van der Waals surface area contributed by atoms with Crippen molar-refractivity contribution in [3.05, 3.63) is 57.3 Å². The second-order valence-corrected chi connectivity index (χ2v) is 6.20. The van der Waals surface area contributed by atoms with Crippen molar-refractivity contribution in [2.24, 2.45) is 0 Å². The first-order valence-electron chi connectivity index (χ1n) is 7.01. The molecule has 19 heavy (non-hydrogen) atoms. The lowest BCUT2D eigenvalue weighted by atomic mass is 9.97. The van der Waals surface area contributed by atoms with Gasteiger partial charge in [-0.1, -0.05) is 36.8 Å². The Morgan fingerprint density at radius 1 is 1.16 bits per heavy atom. The summed E-state index contributed by atoms with van der Waals surface area (Å²) < 4.78 is 0. The molecule has 0 aliphatic heterocycles. The number of hydrogen-bond donors (Lipinski definition) is 1. The maximum Gasteiger partial charge on any atom is 0.0156 e. The molecule has 2 heteroatoms. The molecule has 0 radical (unpaired) electrons. The van der Waals surface area contributed by atoms with Crippen LogP contribution in [-0.4, -0.2) is 12.6 Å². The molecular weight excluding hydrogens is 250 g/mol. The molecule has 2 rings (SSSR count). The zero-order valence-electron chi connectivity index (χ0n) is 12.1. The van der Waals surface area contributed by atoms with Crippen molar-refractivity contribution in [1.29, 1.82) is 0 Å². The molecule has 2 aromatic rings. The summed E-state index contributed by atoms with van der Waals surface area (Å²) in [4.78, 5) is 1.47. The molecule has 0 bridgehead atoms. The average molecular weight is 273 g/mol. The van der Waals surface area contributed by atoms with Crippen LogP contribution in [0, 0.1) is 13.8 Å². The van der Waals surface area contributed by atoms with Crippen molar-refractivity contribution in [3.63, 3.8) is 0 Å². The lowest BCUT2D eigenvalue weighted by molar-refractivity contribution is 0.523. The van der Waals surface area contributed by atoms with Crippen LogP contribution >= 0.6 is 11.3 Å². The van der Waals surface area contributed by atoms with Crippen molar-refractivity contribution in [1.82, 2.24) is 5.32 Å². The standard InChI is InChI=1S/C17H23NS/c1-4-18-16(12-17-6-5-9-19-17)11-15-10-13(2)7-8-14(15)3/h5-10,16,18H,4,11-12H2,1-3H3. The van der Waals surface area contributed by atoms with Crippen LogP contribution in [0.5, 0.6) is 0 Å². The first-order valence-corrected chi connectivity index (χ1v) is 7.89. The summed E-state index contributed by atoms with van der Waals surface area (Å²) in [5.41, 5.74) is 4.23. The molecule has 0 aliphatic rings. The SMILES string of the molecule is CCNC(Cc1cccs1)Cc1cc(C)ccc1C. The van der Waals surface area contributed by atoms with Gasteiger partial charge in [0.1, 0.15) is 0 Å². The van der Waals surface area contributed by atoms with Crippen LogP contribution in [0.1, 0.15) is 28.5 Å². The summed E-state index contributed by atoms with van der Waals surface area (Å²) in [5.74, 6) is 0. The smallest absolute Gasteiger partial charge is 0.0156 e. The predicted molar refractivity (Wildman–Crippen MR) is 85.1 cm³/mol. The molecule has 1 aromatic heterocycles. The van der Waals surface area contributed by atoms with Gasteiger partial charge in [0.25, 0.3) is 0 Å². The molecule has 0 amide bonds. The van der Waals surface area contributed by atoms with Gasteiger partial charge >= 0.3 is 0 Å². The van der Waals surface area contributed by atoms with Crippen LogP contribution in [0.2, 0.25) is 0 Å². The maximum atomic E-state index is 3.62. The topological polar surface area (TPSA) is 12.0 Å². The van der Waals surface area contributed by atoms with Crippen molar-refractivity contribution >= 4 is 11.3 Å². The molecule has 0 fully saturated rings. The number of likely N-dealkylation sites (N-methyl/N-ethyl adjacent to an activating group) is 1. The van der Waals surface area contributed by atoms with Crippen LogP contribution in [0.15, 0.2) is 35.7 Å². The minimum Gasteiger partial charge on any atom is -0.314 e. The van der Waals surface area contributed by atoms with Crippen LogP contribution in [0.4, 0.5) is 0 Å². The number of aryl methyl sites for hydroxylation is 2. The van der Waals surface area contributed by atoms with Crippen LogP contribution < -0.4 is 5.32 Å². The lowest BCUT2D eigenvalue weighted by Gasteiger charge is -2.19. The van der Waals surface area contributed by atoms with E-state index in [4.69, 9.17) is 0 Å². The monoisotopic (exact) mass is 273 g/mol. The lowest BCUT2D eigenvalue weighted by Crippen LogP contribution is -2.33. The van der Waals surface area contributed by atoms with Gasteiger partial charge in [0.15, 0.2) is 0 Å². The molecule has 1 aromatic carbocycles. The molecule has 0 saturated heterocycles. The molecular formula is C17H23NS. The first-order chi connectivity index (χ1) is 9.19. The highest BCUT2D eigenvalue weighted by molar-refractivity contribution is 7.09. The van der Waals surface area contributed by atoms with Gasteiger partial charge in [-0.2, -0.15) is 0 Å². The molecule has 0 aliphatic carbocycles. The minimum atomic E-state index is 0.532. The Kier molecular flexibility index (Phi) is 5.17. The van der Waals surface area contributed by atoms with Gasteiger partial charge in [-0.3, -0.25) is 0 Å². The zero-order valence-corrected chi connectivity index (χ0v) is 12.9. The number of rotatable bonds is 6.